The standard InChI is InChI=1S/C14H29.CH3.Y/c1-5-7-8-9-10-11-14(4)12-13(3)6-2;;/h5,13-14H,6-12H2,1-4H3;1H3;/q2*-1;. The molecule has 1 heteroatoms. The topological polar surface area (TPSA) is 0 Å². The van der Waals surface area contributed by atoms with Gasteiger partial charge in [0.1, 0.15) is 0 Å². The second-order valence-electron chi connectivity index (χ2n) is 4.90. The summed E-state index contributed by atoms with van der Waals surface area (Å²) in [7, 11) is 0. The van der Waals surface area contributed by atoms with Crippen LogP contribution in [0.4, 0.5) is 0 Å². The van der Waals surface area contributed by atoms with Crippen LogP contribution in [0.25, 0.3) is 0 Å². The van der Waals surface area contributed by atoms with Gasteiger partial charge in [-0.15, -0.1) is 0 Å². The first-order valence-electron chi connectivity index (χ1n) is 6.48. The molecule has 0 amide bonds. The van der Waals surface area contributed by atoms with Gasteiger partial charge in [0, 0.05) is 32.7 Å². The van der Waals surface area contributed by atoms with E-state index >= 15 is 0 Å². The van der Waals surface area contributed by atoms with Gasteiger partial charge in [-0.05, 0) is 18.3 Å². The summed E-state index contributed by atoms with van der Waals surface area (Å²) in [5.74, 6) is 1.87. The van der Waals surface area contributed by atoms with Crippen molar-refractivity contribution in [3.8, 4) is 0 Å². The summed E-state index contributed by atoms with van der Waals surface area (Å²) in [6.45, 7) is 9.25. The van der Waals surface area contributed by atoms with Gasteiger partial charge in [0.05, 0.1) is 0 Å². The molecular formula is C15H32Y-2. The van der Waals surface area contributed by atoms with E-state index in [0.717, 1.165) is 11.8 Å². The van der Waals surface area contributed by atoms with Crippen molar-refractivity contribution in [2.75, 3.05) is 0 Å². The maximum Gasteiger partial charge on any atom is 0 e. The van der Waals surface area contributed by atoms with E-state index in [1.165, 1.54) is 44.9 Å². The zero-order chi connectivity index (χ0) is 10.8. The van der Waals surface area contributed by atoms with Crippen LogP contribution in [-0.2, 0) is 32.7 Å². The molecule has 0 rings (SSSR count). The van der Waals surface area contributed by atoms with Gasteiger partial charge in [-0.1, -0.05) is 52.9 Å². The zero-order valence-electron chi connectivity index (χ0n) is 12.3. The summed E-state index contributed by atoms with van der Waals surface area (Å²) in [6, 6.07) is 0. The molecule has 2 atom stereocenters. The van der Waals surface area contributed by atoms with E-state index in [1.807, 2.05) is 0 Å². The third-order valence-electron chi connectivity index (χ3n) is 3.19. The van der Waals surface area contributed by atoms with E-state index in [9.17, 15) is 0 Å². The van der Waals surface area contributed by atoms with Crippen molar-refractivity contribution in [2.45, 2.75) is 72.6 Å². The molecule has 16 heavy (non-hydrogen) atoms. The van der Waals surface area contributed by atoms with E-state index in [0.29, 0.717) is 0 Å². The Kier molecular flexibility index (Phi) is 22.4. The number of hydrogen-bond donors (Lipinski definition) is 0. The van der Waals surface area contributed by atoms with Crippen LogP contribution < -0.4 is 0 Å². The van der Waals surface area contributed by atoms with Crippen LogP contribution in [-0.4, -0.2) is 0 Å². The second kappa shape index (κ2) is 16.1. The van der Waals surface area contributed by atoms with Crippen LogP contribution in [0.3, 0.4) is 0 Å². The Morgan fingerprint density at radius 1 is 1.00 bits per heavy atom. The van der Waals surface area contributed by atoms with Crippen LogP contribution in [0.1, 0.15) is 72.6 Å². The average Bonchev–Trinajstić information content (AvgIpc) is 2.17. The Labute approximate surface area is 130 Å². The molecule has 0 saturated carbocycles. The second-order valence-corrected chi connectivity index (χ2v) is 4.90. The van der Waals surface area contributed by atoms with Crippen molar-refractivity contribution < 1.29 is 32.7 Å². The fraction of sp³-hybridized carbons (Fsp3) is 0.867. The van der Waals surface area contributed by atoms with Crippen LogP contribution in [0, 0.1) is 25.7 Å². The molecule has 0 nitrogen and oxygen atoms in total. The van der Waals surface area contributed by atoms with Crippen molar-refractivity contribution >= 4 is 0 Å². The Morgan fingerprint density at radius 3 is 2.12 bits per heavy atom. The molecule has 0 aliphatic carbocycles. The van der Waals surface area contributed by atoms with Gasteiger partial charge >= 0.3 is 0 Å². The van der Waals surface area contributed by atoms with E-state index in [1.54, 1.807) is 0 Å². The summed E-state index contributed by atoms with van der Waals surface area (Å²) in [5.41, 5.74) is 0. The predicted molar refractivity (Wildman–Crippen MR) is 72.7 cm³/mol. The first-order chi connectivity index (χ1) is 6.70. The molecule has 2 unspecified atom stereocenters. The van der Waals surface area contributed by atoms with Gasteiger partial charge < -0.3 is 13.8 Å². The number of hydrogen-bond acceptors (Lipinski definition) is 0. The molecule has 0 N–H and O–H groups in total. The van der Waals surface area contributed by atoms with Crippen molar-refractivity contribution in [3.63, 3.8) is 0 Å². The fourth-order valence-corrected chi connectivity index (χ4v) is 1.99. The van der Waals surface area contributed by atoms with Gasteiger partial charge in [-0.3, -0.25) is 0 Å². The minimum Gasteiger partial charge on any atom is -0.358 e. The maximum absolute atomic E-state index is 2.41. The Balaban J connectivity index is -0.000000845. The molecule has 0 aromatic rings. The maximum atomic E-state index is 2.41. The predicted octanol–water partition coefficient (Wildman–Crippen LogP) is 5.68. The molecule has 0 aliphatic heterocycles. The summed E-state index contributed by atoms with van der Waals surface area (Å²) >= 11 is 0. The number of rotatable bonds is 9. The summed E-state index contributed by atoms with van der Waals surface area (Å²) in [5, 5.41) is 0. The van der Waals surface area contributed by atoms with E-state index in [4.69, 9.17) is 0 Å². The SMILES string of the molecule is C[CH-]CCCCCC(C)CC(C)CC.[CH3-].[Y]. The Bertz CT molecular complexity index is 112. The molecule has 0 bridgehead atoms. The largest absolute Gasteiger partial charge is 0.358 e. The molecule has 0 aromatic carbocycles. The minimum absolute atomic E-state index is 0. The molecule has 1 radical (unpaired) electrons. The Hall–Kier alpha value is 1.10. The smallest absolute Gasteiger partial charge is 0 e. The van der Waals surface area contributed by atoms with E-state index < -0.39 is 0 Å². The molecular weight excluding hydrogens is 269 g/mol. The van der Waals surface area contributed by atoms with Gasteiger partial charge in [0.25, 0.3) is 0 Å². The number of unbranched alkanes of at least 4 members (excludes halogenated alkanes) is 4. The first kappa shape index (κ1) is 22.3. The van der Waals surface area contributed by atoms with Crippen LogP contribution in [0.15, 0.2) is 0 Å². The van der Waals surface area contributed by atoms with E-state index in [-0.39, 0.29) is 40.1 Å². The summed E-state index contributed by atoms with van der Waals surface area (Å²) < 4.78 is 0. The van der Waals surface area contributed by atoms with Crippen LogP contribution >= 0.6 is 0 Å². The van der Waals surface area contributed by atoms with Gasteiger partial charge in [-0.2, -0.15) is 13.3 Å². The molecule has 0 fully saturated rings. The van der Waals surface area contributed by atoms with Crippen molar-refractivity contribution in [1.29, 1.82) is 0 Å². The summed E-state index contributed by atoms with van der Waals surface area (Å²) in [6.07, 6.45) is 12.1. The average molecular weight is 301 g/mol. The molecule has 0 aliphatic rings. The molecule has 0 saturated heterocycles. The van der Waals surface area contributed by atoms with Gasteiger partial charge in [0.15, 0.2) is 0 Å². The molecule has 0 aromatic heterocycles. The fourth-order valence-electron chi connectivity index (χ4n) is 1.99. The van der Waals surface area contributed by atoms with Crippen molar-refractivity contribution in [2.24, 2.45) is 11.8 Å². The van der Waals surface area contributed by atoms with Crippen molar-refractivity contribution in [1.82, 2.24) is 0 Å². The quantitative estimate of drug-likeness (QED) is 0.379. The van der Waals surface area contributed by atoms with Crippen LogP contribution in [0.5, 0.6) is 0 Å². The van der Waals surface area contributed by atoms with Gasteiger partial charge in [0.2, 0.25) is 0 Å². The van der Waals surface area contributed by atoms with Gasteiger partial charge in [-0.25, -0.2) is 0 Å². The third kappa shape index (κ3) is 15.1. The first-order valence-corrected chi connectivity index (χ1v) is 6.48. The zero-order valence-corrected chi connectivity index (χ0v) is 15.1. The molecule has 0 spiro atoms. The van der Waals surface area contributed by atoms with Crippen molar-refractivity contribution in [3.05, 3.63) is 13.8 Å². The van der Waals surface area contributed by atoms with E-state index in [2.05, 4.69) is 34.1 Å². The molecule has 0 heterocycles. The monoisotopic (exact) mass is 301 g/mol. The third-order valence-corrected chi connectivity index (χ3v) is 3.19. The molecule has 97 valence electrons. The van der Waals surface area contributed by atoms with Crippen LogP contribution in [0.2, 0.25) is 0 Å². The normalized spacial score (nSPS) is 13.5. The Morgan fingerprint density at radius 2 is 1.62 bits per heavy atom. The summed E-state index contributed by atoms with van der Waals surface area (Å²) in [4.78, 5) is 0. The minimum atomic E-state index is 0.